The summed E-state index contributed by atoms with van der Waals surface area (Å²) in [4.78, 5) is 10.8. The van der Waals surface area contributed by atoms with Crippen molar-refractivity contribution < 1.29 is 14.4 Å². The number of aliphatic carboxylic acids is 1. The number of fused-ring (bicyclic) bond motifs is 1. The van der Waals surface area contributed by atoms with E-state index in [1.807, 2.05) is 25.1 Å². The number of aromatic nitrogens is 1. The molecule has 0 saturated carbocycles. The third kappa shape index (κ3) is 1.78. The van der Waals surface area contributed by atoms with E-state index in [0.717, 1.165) is 16.6 Å². The highest BCUT2D eigenvalue weighted by atomic mass is 16.5. The maximum atomic E-state index is 10.8. The summed E-state index contributed by atoms with van der Waals surface area (Å²) in [7, 11) is 0. The average Bonchev–Trinajstić information content (AvgIpc) is 2.62. The number of benzene rings is 1. The fourth-order valence-corrected chi connectivity index (χ4v) is 1.72. The van der Waals surface area contributed by atoms with Crippen LogP contribution in [0.4, 0.5) is 0 Å². The van der Waals surface area contributed by atoms with Gasteiger partial charge in [-0.15, -0.1) is 0 Å². The molecular formula is C12H13NO3. The Bertz CT molecular complexity index is 530. The quantitative estimate of drug-likeness (QED) is 0.860. The maximum absolute atomic E-state index is 10.8. The van der Waals surface area contributed by atoms with Crippen LogP contribution in [0, 0.1) is 12.8 Å². The summed E-state index contributed by atoms with van der Waals surface area (Å²) in [6, 6.07) is 5.71. The van der Waals surface area contributed by atoms with Gasteiger partial charge in [0.15, 0.2) is 5.58 Å². The SMILES string of the molecule is Cc1noc2c(CC(C)C(=O)O)cccc12. The topological polar surface area (TPSA) is 63.3 Å². The molecule has 1 atom stereocenters. The van der Waals surface area contributed by atoms with Crippen LogP contribution in [0.15, 0.2) is 22.7 Å². The first-order valence-corrected chi connectivity index (χ1v) is 5.16. The number of nitrogens with zero attached hydrogens (tertiary/aromatic N) is 1. The van der Waals surface area contributed by atoms with Crippen LogP contribution in [0.25, 0.3) is 11.0 Å². The number of carbonyl (C=O) groups is 1. The molecule has 84 valence electrons. The fraction of sp³-hybridized carbons (Fsp3) is 0.333. The molecule has 0 aliphatic rings. The molecule has 0 aliphatic carbocycles. The molecule has 1 aromatic heterocycles. The lowest BCUT2D eigenvalue weighted by atomic mass is 9.99. The molecule has 2 rings (SSSR count). The van der Waals surface area contributed by atoms with Gasteiger partial charge >= 0.3 is 5.97 Å². The minimum absolute atomic E-state index is 0.420. The summed E-state index contributed by atoms with van der Waals surface area (Å²) in [5.74, 6) is -1.22. The summed E-state index contributed by atoms with van der Waals surface area (Å²) in [6.45, 7) is 3.56. The summed E-state index contributed by atoms with van der Waals surface area (Å²) in [5.41, 5.74) is 2.43. The van der Waals surface area contributed by atoms with Gasteiger partial charge in [-0.05, 0) is 25.0 Å². The molecule has 1 aromatic carbocycles. The van der Waals surface area contributed by atoms with E-state index in [1.165, 1.54) is 0 Å². The fourth-order valence-electron chi connectivity index (χ4n) is 1.72. The molecule has 1 heterocycles. The van der Waals surface area contributed by atoms with Crippen molar-refractivity contribution in [3.8, 4) is 0 Å². The molecule has 0 fully saturated rings. The summed E-state index contributed by atoms with van der Waals surface area (Å²) >= 11 is 0. The predicted octanol–water partition coefficient (Wildman–Crippen LogP) is 2.40. The second-order valence-electron chi connectivity index (χ2n) is 4.01. The largest absolute Gasteiger partial charge is 0.481 e. The molecule has 0 amide bonds. The van der Waals surface area contributed by atoms with E-state index in [0.29, 0.717) is 12.0 Å². The van der Waals surface area contributed by atoms with Crippen molar-refractivity contribution in [3.05, 3.63) is 29.5 Å². The second kappa shape index (κ2) is 3.96. The minimum atomic E-state index is -0.798. The molecule has 1 unspecified atom stereocenters. The minimum Gasteiger partial charge on any atom is -0.481 e. The van der Waals surface area contributed by atoms with Gasteiger partial charge in [0.2, 0.25) is 0 Å². The number of para-hydroxylation sites is 1. The number of hydrogen-bond donors (Lipinski definition) is 1. The van der Waals surface area contributed by atoms with E-state index in [9.17, 15) is 4.79 Å². The van der Waals surface area contributed by atoms with E-state index in [-0.39, 0.29) is 0 Å². The molecule has 4 nitrogen and oxygen atoms in total. The van der Waals surface area contributed by atoms with Gasteiger partial charge in [-0.25, -0.2) is 0 Å². The molecule has 0 spiro atoms. The van der Waals surface area contributed by atoms with Crippen LogP contribution in [0.3, 0.4) is 0 Å². The zero-order chi connectivity index (χ0) is 11.7. The first kappa shape index (κ1) is 10.7. The Hall–Kier alpha value is -1.84. The standard InChI is InChI=1S/C12H13NO3/c1-7(12(14)15)6-9-4-3-5-10-8(2)13-16-11(9)10/h3-5,7H,6H2,1-2H3,(H,14,15). The van der Waals surface area contributed by atoms with Crippen molar-refractivity contribution >= 4 is 16.9 Å². The zero-order valence-electron chi connectivity index (χ0n) is 9.23. The lowest BCUT2D eigenvalue weighted by molar-refractivity contribution is -0.141. The lowest BCUT2D eigenvalue weighted by Gasteiger charge is -2.05. The molecule has 0 bridgehead atoms. The van der Waals surface area contributed by atoms with Crippen LogP contribution in [0.2, 0.25) is 0 Å². The summed E-state index contributed by atoms with van der Waals surface area (Å²) in [6.07, 6.45) is 0.460. The van der Waals surface area contributed by atoms with Crippen LogP contribution in [-0.4, -0.2) is 16.2 Å². The average molecular weight is 219 g/mol. The van der Waals surface area contributed by atoms with Crippen molar-refractivity contribution in [1.29, 1.82) is 0 Å². The second-order valence-corrected chi connectivity index (χ2v) is 4.01. The Balaban J connectivity index is 2.41. The van der Waals surface area contributed by atoms with Crippen LogP contribution < -0.4 is 0 Å². The number of carboxylic acid groups (broad SMARTS) is 1. The first-order valence-electron chi connectivity index (χ1n) is 5.16. The highest BCUT2D eigenvalue weighted by Gasteiger charge is 2.15. The van der Waals surface area contributed by atoms with Crippen molar-refractivity contribution in [2.45, 2.75) is 20.3 Å². The van der Waals surface area contributed by atoms with E-state index in [4.69, 9.17) is 9.63 Å². The summed E-state index contributed by atoms with van der Waals surface area (Å²) < 4.78 is 5.22. The maximum Gasteiger partial charge on any atom is 0.306 e. The Labute approximate surface area is 92.9 Å². The van der Waals surface area contributed by atoms with Crippen LogP contribution in [0.1, 0.15) is 18.2 Å². The van der Waals surface area contributed by atoms with Crippen molar-refractivity contribution in [2.75, 3.05) is 0 Å². The highest BCUT2D eigenvalue weighted by molar-refractivity contribution is 5.82. The lowest BCUT2D eigenvalue weighted by Crippen LogP contribution is -2.12. The van der Waals surface area contributed by atoms with Crippen LogP contribution >= 0.6 is 0 Å². The third-order valence-electron chi connectivity index (χ3n) is 2.71. The molecule has 0 aliphatic heterocycles. The number of rotatable bonds is 3. The number of aryl methyl sites for hydroxylation is 1. The molecular weight excluding hydrogens is 206 g/mol. The van der Waals surface area contributed by atoms with E-state index >= 15 is 0 Å². The molecule has 4 heteroatoms. The van der Waals surface area contributed by atoms with Crippen LogP contribution in [0.5, 0.6) is 0 Å². The van der Waals surface area contributed by atoms with Gasteiger partial charge in [-0.2, -0.15) is 0 Å². The molecule has 0 radical (unpaired) electrons. The Kier molecular flexibility index (Phi) is 2.64. The van der Waals surface area contributed by atoms with Gasteiger partial charge < -0.3 is 9.63 Å². The first-order chi connectivity index (χ1) is 7.59. The normalized spacial score (nSPS) is 12.9. The van der Waals surface area contributed by atoms with Gasteiger partial charge in [0.05, 0.1) is 11.6 Å². The summed E-state index contributed by atoms with van der Waals surface area (Å²) in [5, 5.41) is 13.7. The number of carboxylic acids is 1. The van der Waals surface area contributed by atoms with Crippen molar-refractivity contribution in [3.63, 3.8) is 0 Å². The van der Waals surface area contributed by atoms with E-state index < -0.39 is 11.9 Å². The Morgan fingerprint density at radius 3 is 3.00 bits per heavy atom. The van der Waals surface area contributed by atoms with Gasteiger partial charge in [-0.3, -0.25) is 4.79 Å². The van der Waals surface area contributed by atoms with Crippen LogP contribution in [-0.2, 0) is 11.2 Å². The van der Waals surface area contributed by atoms with E-state index in [1.54, 1.807) is 6.92 Å². The highest BCUT2D eigenvalue weighted by Crippen LogP contribution is 2.23. The number of hydrogen-bond acceptors (Lipinski definition) is 3. The third-order valence-corrected chi connectivity index (χ3v) is 2.71. The van der Waals surface area contributed by atoms with Gasteiger partial charge in [0.1, 0.15) is 0 Å². The molecule has 16 heavy (non-hydrogen) atoms. The molecule has 0 saturated heterocycles. The van der Waals surface area contributed by atoms with Crippen molar-refractivity contribution in [2.24, 2.45) is 5.92 Å². The molecule has 2 aromatic rings. The Morgan fingerprint density at radius 1 is 1.56 bits per heavy atom. The van der Waals surface area contributed by atoms with Gasteiger partial charge in [0, 0.05) is 5.39 Å². The van der Waals surface area contributed by atoms with E-state index in [2.05, 4.69) is 5.16 Å². The monoisotopic (exact) mass is 219 g/mol. The predicted molar refractivity (Wildman–Crippen MR) is 59.2 cm³/mol. The van der Waals surface area contributed by atoms with Crippen molar-refractivity contribution in [1.82, 2.24) is 5.16 Å². The van der Waals surface area contributed by atoms with Gasteiger partial charge in [0.25, 0.3) is 0 Å². The zero-order valence-corrected chi connectivity index (χ0v) is 9.23. The van der Waals surface area contributed by atoms with Gasteiger partial charge in [-0.1, -0.05) is 24.2 Å². The smallest absolute Gasteiger partial charge is 0.306 e. The molecule has 1 N–H and O–H groups in total. The Morgan fingerprint density at radius 2 is 2.31 bits per heavy atom.